The lowest BCUT2D eigenvalue weighted by atomic mass is 9.91. The van der Waals surface area contributed by atoms with E-state index < -0.39 is 0 Å². The van der Waals surface area contributed by atoms with E-state index in [2.05, 4.69) is 72.0 Å². The molecule has 1 saturated carbocycles. The van der Waals surface area contributed by atoms with Gasteiger partial charge >= 0.3 is 0 Å². The fourth-order valence-electron chi connectivity index (χ4n) is 3.84. The molecule has 118 valence electrons. The Kier molecular flexibility index (Phi) is 4.70. The molecule has 1 N–H and O–H groups in total. The largest absolute Gasteiger partial charge is 0.382 e. The highest BCUT2D eigenvalue weighted by Gasteiger charge is 2.36. The molecular weight excluding hydrogens is 254 g/mol. The molecule has 0 heterocycles. The molecule has 0 saturated heterocycles. The second-order valence-corrected chi connectivity index (χ2v) is 8.46. The van der Waals surface area contributed by atoms with Crippen LogP contribution >= 0.6 is 0 Å². The summed E-state index contributed by atoms with van der Waals surface area (Å²) in [7, 11) is 0. The Labute approximate surface area is 131 Å². The summed E-state index contributed by atoms with van der Waals surface area (Å²) in [6.45, 7) is 16.3. The van der Waals surface area contributed by atoms with Crippen molar-refractivity contribution in [3.8, 4) is 0 Å². The Morgan fingerprint density at radius 1 is 1.05 bits per heavy atom. The van der Waals surface area contributed by atoms with Gasteiger partial charge in [0.1, 0.15) is 0 Å². The van der Waals surface area contributed by atoms with Gasteiger partial charge in [0.2, 0.25) is 0 Å². The highest BCUT2D eigenvalue weighted by Crippen LogP contribution is 2.42. The number of nitrogens with one attached hydrogen (secondary N) is 1. The van der Waals surface area contributed by atoms with E-state index >= 15 is 0 Å². The summed E-state index contributed by atoms with van der Waals surface area (Å²) in [5.41, 5.74) is 4.75. The van der Waals surface area contributed by atoms with Crippen molar-refractivity contribution < 1.29 is 0 Å². The van der Waals surface area contributed by atoms with Crippen LogP contribution in [-0.4, -0.2) is 6.04 Å². The van der Waals surface area contributed by atoms with Crippen LogP contribution in [0.15, 0.2) is 18.2 Å². The van der Waals surface area contributed by atoms with Crippen LogP contribution in [0.3, 0.4) is 0 Å². The zero-order valence-corrected chi connectivity index (χ0v) is 15.0. The molecule has 0 aromatic heterocycles. The summed E-state index contributed by atoms with van der Waals surface area (Å²) in [6.07, 6.45) is 2.60. The summed E-state index contributed by atoms with van der Waals surface area (Å²) in [6, 6.07) is 7.62. The maximum Gasteiger partial charge on any atom is 0.0377 e. The van der Waals surface area contributed by atoms with E-state index in [0.29, 0.717) is 23.3 Å². The van der Waals surface area contributed by atoms with E-state index in [1.54, 1.807) is 0 Å². The minimum Gasteiger partial charge on any atom is -0.382 e. The van der Waals surface area contributed by atoms with Gasteiger partial charge in [-0.1, -0.05) is 60.6 Å². The quantitative estimate of drug-likeness (QED) is 0.698. The van der Waals surface area contributed by atoms with Gasteiger partial charge in [-0.05, 0) is 53.2 Å². The second-order valence-electron chi connectivity index (χ2n) is 8.46. The van der Waals surface area contributed by atoms with Crippen LogP contribution in [0.1, 0.15) is 84.3 Å². The first kappa shape index (κ1) is 16.4. The van der Waals surface area contributed by atoms with Crippen molar-refractivity contribution in [2.45, 2.75) is 79.2 Å². The monoisotopic (exact) mass is 287 g/mol. The summed E-state index contributed by atoms with van der Waals surface area (Å²) in [5.74, 6) is 1.92. The molecule has 1 aliphatic rings. The SMILES string of the molecule is CC(C)c1ccc(NC2CC(C)(C)CC2C)c(C(C)C)c1. The van der Waals surface area contributed by atoms with Gasteiger partial charge in [-0.3, -0.25) is 0 Å². The third kappa shape index (κ3) is 3.81. The van der Waals surface area contributed by atoms with E-state index in [4.69, 9.17) is 0 Å². The molecule has 1 nitrogen and oxygen atoms in total. The third-order valence-electron chi connectivity index (χ3n) is 5.04. The molecule has 0 amide bonds. The molecule has 2 atom stereocenters. The zero-order chi connectivity index (χ0) is 15.8. The van der Waals surface area contributed by atoms with Crippen LogP contribution in [0.25, 0.3) is 0 Å². The van der Waals surface area contributed by atoms with Crippen molar-refractivity contribution in [3.05, 3.63) is 29.3 Å². The number of anilines is 1. The van der Waals surface area contributed by atoms with Gasteiger partial charge in [-0.15, -0.1) is 0 Å². The normalized spacial score (nSPS) is 24.8. The van der Waals surface area contributed by atoms with Gasteiger partial charge in [0.05, 0.1) is 0 Å². The maximum atomic E-state index is 3.86. The van der Waals surface area contributed by atoms with Gasteiger partial charge in [0.25, 0.3) is 0 Å². The molecule has 1 aliphatic carbocycles. The van der Waals surface area contributed by atoms with E-state index in [1.807, 2.05) is 0 Å². The second kappa shape index (κ2) is 6.02. The minimum absolute atomic E-state index is 0.479. The zero-order valence-electron chi connectivity index (χ0n) is 15.0. The Bertz CT molecular complexity index is 485. The molecular formula is C20H33N. The van der Waals surface area contributed by atoms with Crippen molar-refractivity contribution in [1.82, 2.24) is 0 Å². The molecule has 21 heavy (non-hydrogen) atoms. The minimum atomic E-state index is 0.479. The molecule has 0 bridgehead atoms. The van der Waals surface area contributed by atoms with Crippen molar-refractivity contribution in [1.29, 1.82) is 0 Å². The maximum absolute atomic E-state index is 3.86. The van der Waals surface area contributed by atoms with Crippen LogP contribution in [0, 0.1) is 11.3 Å². The van der Waals surface area contributed by atoms with E-state index in [-0.39, 0.29) is 0 Å². The molecule has 1 fully saturated rings. The topological polar surface area (TPSA) is 12.0 Å². The lowest BCUT2D eigenvalue weighted by molar-refractivity contribution is 0.366. The molecule has 1 aromatic carbocycles. The van der Waals surface area contributed by atoms with E-state index in [1.165, 1.54) is 29.7 Å². The Balaban J connectivity index is 2.24. The lowest BCUT2D eigenvalue weighted by Gasteiger charge is -2.24. The van der Waals surface area contributed by atoms with Crippen molar-refractivity contribution >= 4 is 5.69 Å². The summed E-state index contributed by atoms with van der Waals surface area (Å²) >= 11 is 0. The molecule has 2 rings (SSSR count). The van der Waals surface area contributed by atoms with Crippen LogP contribution in [0.2, 0.25) is 0 Å². The first-order valence-electron chi connectivity index (χ1n) is 8.60. The molecule has 0 spiro atoms. The summed E-state index contributed by atoms with van der Waals surface area (Å²) in [5, 5.41) is 3.86. The third-order valence-corrected chi connectivity index (χ3v) is 5.04. The average Bonchev–Trinajstić information content (AvgIpc) is 2.62. The molecule has 0 aliphatic heterocycles. The first-order valence-corrected chi connectivity index (χ1v) is 8.60. The average molecular weight is 287 g/mol. The molecule has 0 radical (unpaired) electrons. The Morgan fingerprint density at radius 2 is 1.71 bits per heavy atom. The number of rotatable bonds is 4. The fourth-order valence-corrected chi connectivity index (χ4v) is 3.84. The Morgan fingerprint density at radius 3 is 2.19 bits per heavy atom. The summed E-state index contributed by atoms with van der Waals surface area (Å²) in [4.78, 5) is 0. The number of benzene rings is 1. The van der Waals surface area contributed by atoms with Gasteiger partial charge in [-0.2, -0.15) is 0 Å². The predicted octanol–water partition coefficient (Wildman–Crippen LogP) is 6.17. The van der Waals surface area contributed by atoms with Gasteiger partial charge < -0.3 is 5.32 Å². The molecule has 2 unspecified atom stereocenters. The van der Waals surface area contributed by atoms with Gasteiger partial charge in [-0.25, -0.2) is 0 Å². The number of hydrogen-bond acceptors (Lipinski definition) is 1. The van der Waals surface area contributed by atoms with Gasteiger partial charge in [0.15, 0.2) is 0 Å². The standard InChI is InChI=1S/C20H33N/c1-13(2)16-8-9-18(17(10-16)14(3)4)21-19-12-20(6,7)11-15(19)5/h8-10,13-15,19,21H,11-12H2,1-7H3. The van der Waals surface area contributed by atoms with E-state index in [9.17, 15) is 0 Å². The number of hydrogen-bond donors (Lipinski definition) is 1. The van der Waals surface area contributed by atoms with Gasteiger partial charge in [0, 0.05) is 11.7 Å². The molecule has 1 aromatic rings. The highest BCUT2D eigenvalue weighted by atomic mass is 14.9. The van der Waals surface area contributed by atoms with Crippen molar-refractivity contribution in [2.24, 2.45) is 11.3 Å². The van der Waals surface area contributed by atoms with Crippen LogP contribution in [-0.2, 0) is 0 Å². The fraction of sp³-hybridized carbons (Fsp3) is 0.700. The Hall–Kier alpha value is -0.980. The summed E-state index contributed by atoms with van der Waals surface area (Å²) < 4.78 is 0. The van der Waals surface area contributed by atoms with Crippen molar-refractivity contribution in [2.75, 3.05) is 5.32 Å². The van der Waals surface area contributed by atoms with Crippen LogP contribution in [0.5, 0.6) is 0 Å². The van der Waals surface area contributed by atoms with Crippen LogP contribution < -0.4 is 5.32 Å². The molecule has 1 heteroatoms. The predicted molar refractivity (Wildman–Crippen MR) is 94.2 cm³/mol. The van der Waals surface area contributed by atoms with E-state index in [0.717, 1.165) is 5.92 Å². The first-order chi connectivity index (χ1) is 9.69. The van der Waals surface area contributed by atoms with Crippen LogP contribution in [0.4, 0.5) is 5.69 Å². The lowest BCUT2D eigenvalue weighted by Crippen LogP contribution is -2.23. The highest BCUT2D eigenvalue weighted by molar-refractivity contribution is 5.55. The van der Waals surface area contributed by atoms with Crippen molar-refractivity contribution in [3.63, 3.8) is 0 Å². The smallest absolute Gasteiger partial charge is 0.0377 e.